The lowest BCUT2D eigenvalue weighted by atomic mass is 10.0. The highest BCUT2D eigenvalue weighted by molar-refractivity contribution is 5.87. The van der Waals surface area contributed by atoms with E-state index < -0.39 is 6.04 Å². The predicted octanol–water partition coefficient (Wildman–Crippen LogP) is 1.91. The smallest absolute Gasteiger partial charge is 0.315 e. The first-order chi connectivity index (χ1) is 12.6. The minimum Gasteiger partial charge on any atom is -0.354 e. The van der Waals surface area contributed by atoms with Crippen LogP contribution in [-0.4, -0.2) is 34.3 Å². The van der Waals surface area contributed by atoms with Gasteiger partial charge in [-0.05, 0) is 24.0 Å². The van der Waals surface area contributed by atoms with E-state index in [9.17, 15) is 9.59 Å². The van der Waals surface area contributed by atoms with Crippen molar-refractivity contribution < 1.29 is 9.59 Å². The van der Waals surface area contributed by atoms with Gasteiger partial charge in [-0.1, -0.05) is 44.2 Å². The second-order valence-corrected chi connectivity index (χ2v) is 6.45. The Morgan fingerprint density at radius 2 is 1.88 bits per heavy atom. The highest BCUT2D eigenvalue weighted by atomic mass is 16.2. The van der Waals surface area contributed by atoms with E-state index in [0.29, 0.717) is 13.1 Å². The van der Waals surface area contributed by atoms with E-state index in [-0.39, 0.29) is 17.9 Å². The van der Waals surface area contributed by atoms with Gasteiger partial charge < -0.3 is 16.0 Å². The lowest BCUT2D eigenvalue weighted by molar-refractivity contribution is -0.123. The molecule has 140 valence electrons. The third kappa shape index (κ3) is 6.58. The number of nitrogens with zero attached hydrogens (tertiary/aromatic N) is 2. The summed E-state index contributed by atoms with van der Waals surface area (Å²) in [5, 5.41) is 12.5. The van der Waals surface area contributed by atoms with Crippen molar-refractivity contribution in [2.45, 2.75) is 39.4 Å². The minimum absolute atomic E-state index is 0.0106. The number of carbonyl (C=O) groups is 2. The number of benzene rings is 1. The molecule has 1 aromatic heterocycles. The van der Waals surface area contributed by atoms with Crippen LogP contribution in [0.15, 0.2) is 48.8 Å². The molecule has 2 rings (SSSR count). The van der Waals surface area contributed by atoms with Gasteiger partial charge in [-0.2, -0.15) is 5.10 Å². The summed E-state index contributed by atoms with van der Waals surface area (Å²) in [6, 6.07) is 10.6. The lowest BCUT2D eigenvalue weighted by Gasteiger charge is -2.22. The van der Waals surface area contributed by atoms with Crippen LogP contribution in [0.4, 0.5) is 4.79 Å². The number of aryl methyl sites for hydroxylation is 1. The molecule has 0 spiro atoms. The summed E-state index contributed by atoms with van der Waals surface area (Å²) in [6.45, 7) is 5.51. The molecule has 26 heavy (non-hydrogen) atoms. The van der Waals surface area contributed by atoms with Gasteiger partial charge in [-0.25, -0.2) is 4.79 Å². The van der Waals surface area contributed by atoms with Crippen LogP contribution in [0.3, 0.4) is 0 Å². The van der Waals surface area contributed by atoms with E-state index in [1.807, 2.05) is 61.1 Å². The maximum absolute atomic E-state index is 12.4. The third-order valence-corrected chi connectivity index (χ3v) is 3.95. The van der Waals surface area contributed by atoms with Gasteiger partial charge in [-0.3, -0.25) is 9.48 Å². The summed E-state index contributed by atoms with van der Waals surface area (Å²) in [6.07, 6.45) is 4.39. The molecular weight excluding hydrogens is 330 g/mol. The molecule has 3 N–H and O–H groups in total. The zero-order valence-electron chi connectivity index (χ0n) is 15.3. The zero-order chi connectivity index (χ0) is 18.8. The molecule has 0 fully saturated rings. The minimum atomic E-state index is -0.574. The van der Waals surface area contributed by atoms with Crippen molar-refractivity contribution in [3.05, 3.63) is 54.4 Å². The Kier molecular flexibility index (Phi) is 7.67. The largest absolute Gasteiger partial charge is 0.354 e. The Bertz CT molecular complexity index is 671. The monoisotopic (exact) mass is 357 g/mol. The standard InChI is InChI=1S/C19H27N5O2/c1-15(2)17(18(25)20-10-6-12-24-13-7-11-22-24)23-19(26)21-14-16-8-4-3-5-9-16/h3-5,7-9,11,13,15,17H,6,10,12,14H2,1-2H3,(H,20,25)(H2,21,23,26). The van der Waals surface area contributed by atoms with Gasteiger partial charge in [0.2, 0.25) is 5.91 Å². The number of nitrogens with one attached hydrogen (secondary N) is 3. The molecule has 0 aliphatic heterocycles. The topological polar surface area (TPSA) is 88.0 Å². The zero-order valence-corrected chi connectivity index (χ0v) is 15.3. The first-order valence-electron chi connectivity index (χ1n) is 8.89. The predicted molar refractivity (Wildman–Crippen MR) is 100 cm³/mol. The van der Waals surface area contributed by atoms with Crippen molar-refractivity contribution in [1.82, 2.24) is 25.7 Å². The highest BCUT2D eigenvalue weighted by Gasteiger charge is 2.23. The molecule has 0 aliphatic carbocycles. The molecule has 0 aliphatic rings. The molecule has 0 saturated heterocycles. The summed E-state index contributed by atoms with van der Waals surface area (Å²) >= 11 is 0. The molecule has 0 radical (unpaired) electrons. The highest BCUT2D eigenvalue weighted by Crippen LogP contribution is 2.03. The summed E-state index contributed by atoms with van der Waals surface area (Å²) in [5.74, 6) is -0.182. The number of amides is 3. The molecule has 1 heterocycles. The Labute approximate surface area is 154 Å². The van der Waals surface area contributed by atoms with E-state index in [4.69, 9.17) is 0 Å². The van der Waals surface area contributed by atoms with E-state index in [1.54, 1.807) is 6.20 Å². The van der Waals surface area contributed by atoms with Crippen LogP contribution in [0.25, 0.3) is 0 Å². The molecule has 1 unspecified atom stereocenters. The first kappa shape index (κ1) is 19.5. The van der Waals surface area contributed by atoms with Crippen LogP contribution in [0.5, 0.6) is 0 Å². The Hall–Kier alpha value is -2.83. The van der Waals surface area contributed by atoms with Gasteiger partial charge in [0.15, 0.2) is 0 Å². The Balaban J connectivity index is 1.73. The van der Waals surface area contributed by atoms with Crippen LogP contribution in [-0.2, 0) is 17.9 Å². The summed E-state index contributed by atoms with van der Waals surface area (Å²) in [4.78, 5) is 24.5. The quantitative estimate of drug-likeness (QED) is 0.599. The van der Waals surface area contributed by atoms with E-state index in [1.165, 1.54) is 0 Å². The van der Waals surface area contributed by atoms with E-state index >= 15 is 0 Å². The lowest BCUT2D eigenvalue weighted by Crippen LogP contribution is -2.52. The van der Waals surface area contributed by atoms with Crippen molar-refractivity contribution in [1.29, 1.82) is 0 Å². The molecule has 0 saturated carbocycles. The van der Waals surface area contributed by atoms with E-state index in [2.05, 4.69) is 21.0 Å². The number of hydrogen-bond donors (Lipinski definition) is 3. The van der Waals surface area contributed by atoms with Crippen molar-refractivity contribution in [3.63, 3.8) is 0 Å². The van der Waals surface area contributed by atoms with Crippen LogP contribution in [0, 0.1) is 5.92 Å². The SMILES string of the molecule is CC(C)C(NC(=O)NCc1ccccc1)C(=O)NCCCn1cccn1. The number of aromatic nitrogens is 2. The molecule has 7 nitrogen and oxygen atoms in total. The van der Waals surface area contributed by atoms with Crippen LogP contribution in [0.2, 0.25) is 0 Å². The Morgan fingerprint density at radius 1 is 1.12 bits per heavy atom. The number of rotatable bonds is 9. The summed E-state index contributed by atoms with van der Waals surface area (Å²) in [5.41, 5.74) is 1.01. The van der Waals surface area contributed by atoms with Gasteiger partial charge in [0.1, 0.15) is 6.04 Å². The van der Waals surface area contributed by atoms with Crippen LogP contribution >= 0.6 is 0 Å². The second-order valence-electron chi connectivity index (χ2n) is 6.45. The fourth-order valence-electron chi connectivity index (χ4n) is 2.50. The van der Waals surface area contributed by atoms with Crippen LogP contribution in [0.1, 0.15) is 25.8 Å². The maximum atomic E-state index is 12.4. The van der Waals surface area contributed by atoms with Crippen molar-refractivity contribution >= 4 is 11.9 Å². The normalized spacial score (nSPS) is 11.8. The summed E-state index contributed by atoms with van der Waals surface area (Å²) < 4.78 is 1.82. The molecule has 0 bridgehead atoms. The van der Waals surface area contributed by atoms with E-state index in [0.717, 1.165) is 18.5 Å². The van der Waals surface area contributed by atoms with Crippen LogP contribution < -0.4 is 16.0 Å². The number of carbonyl (C=O) groups excluding carboxylic acids is 2. The molecule has 1 aromatic carbocycles. The van der Waals surface area contributed by atoms with Gasteiger partial charge in [0.25, 0.3) is 0 Å². The van der Waals surface area contributed by atoms with Crippen molar-refractivity contribution in [3.8, 4) is 0 Å². The van der Waals surface area contributed by atoms with Crippen molar-refractivity contribution in [2.75, 3.05) is 6.54 Å². The fourth-order valence-corrected chi connectivity index (χ4v) is 2.50. The number of urea groups is 1. The maximum Gasteiger partial charge on any atom is 0.315 e. The molecule has 7 heteroatoms. The van der Waals surface area contributed by atoms with Gasteiger partial charge >= 0.3 is 6.03 Å². The second kappa shape index (κ2) is 10.2. The third-order valence-electron chi connectivity index (χ3n) is 3.95. The van der Waals surface area contributed by atoms with Gasteiger partial charge in [0.05, 0.1) is 0 Å². The molecular formula is C19H27N5O2. The average molecular weight is 357 g/mol. The average Bonchev–Trinajstić information content (AvgIpc) is 3.15. The molecule has 3 amide bonds. The first-order valence-corrected chi connectivity index (χ1v) is 8.89. The number of hydrogen-bond acceptors (Lipinski definition) is 3. The molecule has 2 aromatic rings. The van der Waals surface area contributed by atoms with Gasteiger partial charge in [0, 0.05) is 32.0 Å². The van der Waals surface area contributed by atoms with Gasteiger partial charge in [-0.15, -0.1) is 0 Å². The summed E-state index contributed by atoms with van der Waals surface area (Å²) in [7, 11) is 0. The fraction of sp³-hybridized carbons (Fsp3) is 0.421. The van der Waals surface area contributed by atoms with Crippen molar-refractivity contribution in [2.24, 2.45) is 5.92 Å². The molecule has 1 atom stereocenters. The Morgan fingerprint density at radius 3 is 2.54 bits per heavy atom.